The van der Waals surface area contributed by atoms with Crippen LogP contribution in [0.2, 0.25) is 0 Å². The van der Waals surface area contributed by atoms with Crippen LogP contribution < -0.4 is 10.1 Å². The number of anilines is 1. The molecule has 4 rings (SSSR count). The van der Waals surface area contributed by atoms with E-state index in [1.807, 2.05) is 60.0 Å². The van der Waals surface area contributed by atoms with Gasteiger partial charge in [0.2, 0.25) is 5.91 Å². The molecule has 4 aromatic rings. The van der Waals surface area contributed by atoms with Crippen molar-refractivity contribution in [3.8, 4) is 22.8 Å². The average Bonchev–Trinajstić information content (AvgIpc) is 3.27. The lowest BCUT2D eigenvalue weighted by Crippen LogP contribution is -2.24. The molecule has 3 aromatic carbocycles. The standard InChI is InChI=1S/C27H26N4O3S/c1-17-13-15-20(16-14-17)31-25(22-10-6-8-12-24(22)34-4)29-30-27(31)35-19(3)26(33)28-23-11-7-5-9-21(23)18(2)32/h5-16,19H,1-4H3,(H,28,33). The third-order valence-electron chi connectivity index (χ3n) is 5.49. The smallest absolute Gasteiger partial charge is 0.237 e. The zero-order valence-electron chi connectivity index (χ0n) is 20.0. The fourth-order valence-electron chi connectivity index (χ4n) is 3.62. The highest BCUT2D eigenvalue weighted by Gasteiger charge is 2.24. The van der Waals surface area contributed by atoms with Gasteiger partial charge in [0.25, 0.3) is 0 Å². The summed E-state index contributed by atoms with van der Waals surface area (Å²) >= 11 is 1.29. The second-order valence-corrected chi connectivity index (χ2v) is 9.34. The van der Waals surface area contributed by atoms with Crippen LogP contribution in [0.15, 0.2) is 78.0 Å². The highest BCUT2D eigenvalue weighted by atomic mass is 32.2. The van der Waals surface area contributed by atoms with Crippen LogP contribution in [0.1, 0.15) is 29.8 Å². The molecule has 1 atom stereocenters. The van der Waals surface area contributed by atoms with E-state index in [0.29, 0.717) is 28.0 Å². The van der Waals surface area contributed by atoms with E-state index in [1.54, 1.807) is 38.3 Å². The van der Waals surface area contributed by atoms with E-state index in [4.69, 9.17) is 4.74 Å². The Balaban J connectivity index is 1.68. The Morgan fingerprint density at radius 1 is 0.971 bits per heavy atom. The number of amides is 1. The summed E-state index contributed by atoms with van der Waals surface area (Å²) in [6, 6.07) is 22.6. The Morgan fingerprint density at radius 3 is 2.37 bits per heavy atom. The third kappa shape index (κ3) is 5.27. The van der Waals surface area contributed by atoms with Gasteiger partial charge in [0.05, 0.1) is 23.6 Å². The quantitative estimate of drug-likeness (QED) is 0.259. The van der Waals surface area contributed by atoms with Gasteiger partial charge in [-0.15, -0.1) is 10.2 Å². The number of benzene rings is 3. The van der Waals surface area contributed by atoms with E-state index < -0.39 is 5.25 Å². The molecule has 35 heavy (non-hydrogen) atoms. The van der Waals surface area contributed by atoms with Crippen molar-refractivity contribution in [2.45, 2.75) is 31.2 Å². The van der Waals surface area contributed by atoms with E-state index in [-0.39, 0.29) is 11.7 Å². The topological polar surface area (TPSA) is 86.1 Å². The van der Waals surface area contributed by atoms with E-state index in [2.05, 4.69) is 15.5 Å². The Hall–Kier alpha value is -3.91. The third-order valence-corrected chi connectivity index (χ3v) is 6.53. The summed E-state index contributed by atoms with van der Waals surface area (Å²) in [6.07, 6.45) is 0. The fourth-order valence-corrected chi connectivity index (χ4v) is 4.49. The number of ketones is 1. The molecule has 0 saturated heterocycles. The van der Waals surface area contributed by atoms with Gasteiger partial charge in [-0.2, -0.15) is 0 Å². The number of para-hydroxylation sites is 2. The first kappa shape index (κ1) is 24.2. The van der Waals surface area contributed by atoms with Crippen LogP contribution in [-0.2, 0) is 4.79 Å². The molecule has 1 N–H and O–H groups in total. The van der Waals surface area contributed by atoms with Gasteiger partial charge in [-0.05, 0) is 57.2 Å². The Morgan fingerprint density at radius 2 is 1.66 bits per heavy atom. The molecule has 0 aliphatic rings. The highest BCUT2D eigenvalue weighted by Crippen LogP contribution is 2.34. The van der Waals surface area contributed by atoms with Crippen molar-refractivity contribution in [1.82, 2.24) is 14.8 Å². The van der Waals surface area contributed by atoms with Crippen LogP contribution in [0.5, 0.6) is 5.75 Å². The summed E-state index contributed by atoms with van der Waals surface area (Å²) < 4.78 is 7.48. The summed E-state index contributed by atoms with van der Waals surface area (Å²) in [5.74, 6) is 0.947. The van der Waals surface area contributed by atoms with Crippen LogP contribution in [0.25, 0.3) is 17.1 Å². The van der Waals surface area contributed by atoms with Crippen molar-refractivity contribution < 1.29 is 14.3 Å². The molecule has 0 fully saturated rings. The number of carbonyl (C=O) groups is 2. The van der Waals surface area contributed by atoms with Gasteiger partial charge >= 0.3 is 0 Å². The number of carbonyl (C=O) groups excluding carboxylic acids is 2. The molecule has 1 aromatic heterocycles. The van der Waals surface area contributed by atoms with Crippen molar-refractivity contribution in [2.24, 2.45) is 0 Å². The zero-order chi connectivity index (χ0) is 24.9. The molecule has 1 heterocycles. The van der Waals surface area contributed by atoms with Crippen LogP contribution >= 0.6 is 11.8 Å². The molecule has 0 saturated carbocycles. The SMILES string of the molecule is COc1ccccc1-c1nnc(SC(C)C(=O)Nc2ccccc2C(C)=O)n1-c1ccc(C)cc1. The number of hydrogen-bond donors (Lipinski definition) is 1. The first-order valence-corrected chi connectivity index (χ1v) is 12.0. The van der Waals surface area contributed by atoms with Gasteiger partial charge in [-0.3, -0.25) is 14.2 Å². The van der Waals surface area contributed by atoms with Gasteiger partial charge in [-0.1, -0.05) is 53.7 Å². The molecule has 0 aliphatic heterocycles. The molecule has 1 unspecified atom stereocenters. The Kier molecular flexibility index (Phi) is 7.31. The minimum absolute atomic E-state index is 0.109. The Labute approximate surface area is 208 Å². The maximum absolute atomic E-state index is 13.0. The van der Waals surface area contributed by atoms with Crippen molar-refractivity contribution in [1.29, 1.82) is 0 Å². The van der Waals surface area contributed by atoms with Crippen LogP contribution in [0.3, 0.4) is 0 Å². The number of ether oxygens (including phenoxy) is 1. The predicted molar refractivity (Wildman–Crippen MR) is 138 cm³/mol. The first-order valence-electron chi connectivity index (χ1n) is 11.1. The monoisotopic (exact) mass is 486 g/mol. The predicted octanol–water partition coefficient (Wildman–Crippen LogP) is 5.57. The van der Waals surface area contributed by atoms with Gasteiger partial charge in [0.15, 0.2) is 16.8 Å². The number of thioether (sulfide) groups is 1. The summed E-state index contributed by atoms with van der Waals surface area (Å²) in [5.41, 5.74) is 3.76. The van der Waals surface area contributed by atoms with Crippen LogP contribution in [0.4, 0.5) is 5.69 Å². The second-order valence-electron chi connectivity index (χ2n) is 8.03. The van der Waals surface area contributed by atoms with Gasteiger partial charge in [0, 0.05) is 11.3 Å². The van der Waals surface area contributed by atoms with Crippen LogP contribution in [0, 0.1) is 6.92 Å². The summed E-state index contributed by atoms with van der Waals surface area (Å²) in [6.45, 7) is 5.30. The number of Topliss-reactive ketones (excluding diaryl/α,β-unsaturated/α-hetero) is 1. The molecule has 7 nitrogen and oxygen atoms in total. The number of nitrogens with zero attached hydrogens (tertiary/aromatic N) is 3. The van der Waals surface area contributed by atoms with E-state index >= 15 is 0 Å². The molecule has 0 aliphatic carbocycles. The van der Waals surface area contributed by atoms with Crippen molar-refractivity contribution in [2.75, 3.05) is 12.4 Å². The number of methoxy groups -OCH3 is 1. The van der Waals surface area contributed by atoms with Gasteiger partial charge < -0.3 is 10.1 Å². The number of aryl methyl sites for hydroxylation is 1. The average molecular weight is 487 g/mol. The van der Waals surface area contributed by atoms with E-state index in [9.17, 15) is 9.59 Å². The minimum Gasteiger partial charge on any atom is -0.496 e. The molecule has 1 amide bonds. The lowest BCUT2D eigenvalue weighted by molar-refractivity contribution is -0.115. The van der Waals surface area contributed by atoms with E-state index in [0.717, 1.165) is 16.8 Å². The molecular formula is C27H26N4O3S. The molecule has 0 spiro atoms. The largest absolute Gasteiger partial charge is 0.496 e. The molecule has 0 bridgehead atoms. The summed E-state index contributed by atoms with van der Waals surface area (Å²) in [5, 5.41) is 11.8. The number of rotatable bonds is 8. The maximum atomic E-state index is 13.0. The number of hydrogen-bond acceptors (Lipinski definition) is 6. The van der Waals surface area contributed by atoms with Crippen LogP contribution in [-0.4, -0.2) is 38.8 Å². The number of nitrogens with one attached hydrogen (secondary N) is 1. The lowest BCUT2D eigenvalue weighted by atomic mass is 10.1. The zero-order valence-corrected chi connectivity index (χ0v) is 20.8. The molecule has 8 heteroatoms. The lowest BCUT2D eigenvalue weighted by Gasteiger charge is -2.16. The fraction of sp³-hybridized carbons (Fsp3) is 0.185. The Bertz CT molecular complexity index is 1370. The summed E-state index contributed by atoms with van der Waals surface area (Å²) in [4.78, 5) is 25.0. The van der Waals surface area contributed by atoms with Crippen molar-refractivity contribution >= 4 is 29.1 Å². The minimum atomic E-state index is -0.506. The van der Waals surface area contributed by atoms with E-state index in [1.165, 1.54) is 18.7 Å². The van der Waals surface area contributed by atoms with Crippen molar-refractivity contribution in [3.05, 3.63) is 83.9 Å². The molecule has 178 valence electrons. The van der Waals surface area contributed by atoms with Crippen molar-refractivity contribution in [3.63, 3.8) is 0 Å². The number of aromatic nitrogens is 3. The normalized spacial score (nSPS) is 11.7. The van der Waals surface area contributed by atoms with Gasteiger partial charge in [-0.25, -0.2) is 0 Å². The highest BCUT2D eigenvalue weighted by molar-refractivity contribution is 8.00. The first-order chi connectivity index (χ1) is 16.9. The summed E-state index contributed by atoms with van der Waals surface area (Å²) in [7, 11) is 1.62. The molecular weight excluding hydrogens is 460 g/mol. The molecule has 0 radical (unpaired) electrons. The van der Waals surface area contributed by atoms with Gasteiger partial charge in [0.1, 0.15) is 5.75 Å². The maximum Gasteiger partial charge on any atom is 0.237 e. The second kappa shape index (κ2) is 10.6.